The van der Waals surface area contributed by atoms with Crippen LogP contribution in [0.25, 0.3) is 0 Å². The molecular weight excluding hydrogens is 256 g/mol. The van der Waals surface area contributed by atoms with Gasteiger partial charge in [-0.05, 0) is 36.3 Å². The van der Waals surface area contributed by atoms with Gasteiger partial charge >= 0.3 is 0 Å². The highest BCUT2D eigenvalue weighted by Crippen LogP contribution is 2.37. The minimum atomic E-state index is 0.306. The molecule has 0 atom stereocenters. The number of hydrogen-bond donors (Lipinski definition) is 1. The first-order valence-electron chi connectivity index (χ1n) is 7.10. The van der Waals surface area contributed by atoms with E-state index >= 15 is 0 Å². The molecule has 1 fully saturated rings. The molecule has 2 nitrogen and oxygen atoms in total. The molecule has 106 valence electrons. The molecule has 0 saturated heterocycles. The minimum absolute atomic E-state index is 0.306. The van der Waals surface area contributed by atoms with Crippen LogP contribution in [0.15, 0.2) is 24.3 Å². The number of benzene rings is 1. The summed E-state index contributed by atoms with van der Waals surface area (Å²) in [6.45, 7) is 1.49. The van der Waals surface area contributed by atoms with Gasteiger partial charge in [-0.15, -0.1) is 0 Å². The standard InChI is InChI=1S/C16H24O2S/c1-17-15-7-5-6-14(10-15)11-18-12-16(13-19)8-3-2-4-9-16/h5-7,10,19H,2-4,8-9,11-13H2,1H3. The van der Waals surface area contributed by atoms with Crippen LogP contribution < -0.4 is 4.74 Å². The lowest BCUT2D eigenvalue weighted by molar-refractivity contribution is 0.0251. The van der Waals surface area contributed by atoms with Crippen molar-refractivity contribution >= 4 is 12.6 Å². The van der Waals surface area contributed by atoms with E-state index in [0.29, 0.717) is 12.0 Å². The first-order valence-corrected chi connectivity index (χ1v) is 7.73. The van der Waals surface area contributed by atoms with Gasteiger partial charge in [0, 0.05) is 5.41 Å². The normalized spacial score (nSPS) is 18.2. The number of rotatable bonds is 6. The summed E-state index contributed by atoms with van der Waals surface area (Å²) in [6, 6.07) is 8.08. The predicted octanol–water partition coefficient (Wildman–Crippen LogP) is 4.09. The fourth-order valence-electron chi connectivity index (χ4n) is 2.80. The summed E-state index contributed by atoms with van der Waals surface area (Å²) < 4.78 is 11.2. The number of ether oxygens (including phenoxy) is 2. The van der Waals surface area contributed by atoms with Crippen molar-refractivity contribution in [3.63, 3.8) is 0 Å². The van der Waals surface area contributed by atoms with Gasteiger partial charge in [0.15, 0.2) is 0 Å². The molecule has 0 amide bonds. The van der Waals surface area contributed by atoms with E-state index in [-0.39, 0.29) is 0 Å². The van der Waals surface area contributed by atoms with Crippen LogP contribution in [0, 0.1) is 5.41 Å². The molecule has 2 rings (SSSR count). The zero-order chi connectivity index (χ0) is 13.6. The van der Waals surface area contributed by atoms with Gasteiger partial charge in [0.25, 0.3) is 0 Å². The Labute approximate surface area is 121 Å². The Kier molecular flexibility index (Phi) is 5.59. The number of thiol groups is 1. The fourth-order valence-corrected chi connectivity index (χ4v) is 3.21. The Morgan fingerprint density at radius 2 is 2.00 bits per heavy atom. The molecule has 0 unspecified atom stereocenters. The zero-order valence-electron chi connectivity index (χ0n) is 11.7. The van der Waals surface area contributed by atoms with Crippen LogP contribution in [0.4, 0.5) is 0 Å². The second-order valence-corrected chi connectivity index (χ2v) is 5.88. The summed E-state index contributed by atoms with van der Waals surface area (Å²) in [5.41, 5.74) is 1.48. The summed E-state index contributed by atoms with van der Waals surface area (Å²) in [5.74, 6) is 1.83. The third-order valence-electron chi connectivity index (χ3n) is 4.06. The molecule has 3 heteroatoms. The lowest BCUT2D eigenvalue weighted by Crippen LogP contribution is -2.31. The van der Waals surface area contributed by atoms with E-state index in [1.807, 2.05) is 18.2 Å². The van der Waals surface area contributed by atoms with E-state index in [1.54, 1.807) is 7.11 Å². The van der Waals surface area contributed by atoms with Crippen LogP contribution in [-0.2, 0) is 11.3 Å². The summed E-state index contributed by atoms with van der Waals surface area (Å²) >= 11 is 4.54. The van der Waals surface area contributed by atoms with Crippen molar-refractivity contribution < 1.29 is 9.47 Å². The maximum Gasteiger partial charge on any atom is 0.119 e. The van der Waals surface area contributed by atoms with Crippen LogP contribution >= 0.6 is 12.6 Å². The molecule has 1 aromatic carbocycles. The van der Waals surface area contributed by atoms with Crippen LogP contribution in [0.2, 0.25) is 0 Å². The van der Waals surface area contributed by atoms with E-state index in [4.69, 9.17) is 9.47 Å². The smallest absolute Gasteiger partial charge is 0.119 e. The highest BCUT2D eigenvalue weighted by Gasteiger charge is 2.30. The molecule has 0 aliphatic heterocycles. The largest absolute Gasteiger partial charge is 0.497 e. The van der Waals surface area contributed by atoms with E-state index in [2.05, 4.69) is 18.7 Å². The van der Waals surface area contributed by atoms with Crippen LogP contribution in [0.1, 0.15) is 37.7 Å². The van der Waals surface area contributed by atoms with Crippen molar-refractivity contribution in [3.05, 3.63) is 29.8 Å². The molecule has 1 aliphatic carbocycles. The van der Waals surface area contributed by atoms with E-state index < -0.39 is 0 Å². The Balaban J connectivity index is 1.84. The van der Waals surface area contributed by atoms with Crippen LogP contribution in [-0.4, -0.2) is 19.5 Å². The first kappa shape index (κ1) is 14.7. The van der Waals surface area contributed by atoms with Gasteiger partial charge in [-0.1, -0.05) is 31.4 Å². The van der Waals surface area contributed by atoms with Crippen molar-refractivity contribution in [1.82, 2.24) is 0 Å². The van der Waals surface area contributed by atoms with Gasteiger partial charge in [-0.25, -0.2) is 0 Å². The SMILES string of the molecule is COc1cccc(COCC2(CS)CCCCC2)c1. The molecule has 0 radical (unpaired) electrons. The van der Waals surface area contributed by atoms with E-state index in [9.17, 15) is 0 Å². The topological polar surface area (TPSA) is 18.5 Å². The monoisotopic (exact) mass is 280 g/mol. The summed E-state index contributed by atoms with van der Waals surface area (Å²) in [4.78, 5) is 0. The Morgan fingerprint density at radius 3 is 2.68 bits per heavy atom. The Bertz CT molecular complexity index is 386. The third kappa shape index (κ3) is 4.15. The summed E-state index contributed by atoms with van der Waals surface area (Å²) in [5, 5.41) is 0. The van der Waals surface area contributed by atoms with E-state index in [1.165, 1.54) is 37.7 Å². The molecule has 19 heavy (non-hydrogen) atoms. The predicted molar refractivity (Wildman–Crippen MR) is 82.0 cm³/mol. The number of hydrogen-bond acceptors (Lipinski definition) is 3. The van der Waals surface area contributed by atoms with Gasteiger partial charge < -0.3 is 9.47 Å². The lowest BCUT2D eigenvalue weighted by atomic mass is 9.76. The van der Waals surface area contributed by atoms with Gasteiger partial charge in [-0.2, -0.15) is 12.6 Å². The fraction of sp³-hybridized carbons (Fsp3) is 0.625. The second kappa shape index (κ2) is 7.20. The molecule has 0 spiro atoms. The first-order chi connectivity index (χ1) is 9.28. The van der Waals surface area contributed by atoms with E-state index in [0.717, 1.165) is 18.1 Å². The minimum Gasteiger partial charge on any atom is -0.497 e. The van der Waals surface area contributed by atoms with Crippen molar-refractivity contribution in [2.24, 2.45) is 5.41 Å². The van der Waals surface area contributed by atoms with Crippen LogP contribution in [0.3, 0.4) is 0 Å². The Morgan fingerprint density at radius 1 is 1.21 bits per heavy atom. The van der Waals surface area contributed by atoms with Crippen LogP contribution in [0.5, 0.6) is 5.75 Å². The van der Waals surface area contributed by atoms with Gasteiger partial charge in [-0.3, -0.25) is 0 Å². The Hall–Kier alpha value is -0.670. The zero-order valence-corrected chi connectivity index (χ0v) is 12.6. The quantitative estimate of drug-likeness (QED) is 0.791. The molecular formula is C16H24O2S. The maximum absolute atomic E-state index is 5.95. The average molecular weight is 280 g/mol. The van der Waals surface area contributed by atoms with Gasteiger partial charge in [0.1, 0.15) is 5.75 Å². The molecule has 0 bridgehead atoms. The third-order valence-corrected chi connectivity index (χ3v) is 4.73. The van der Waals surface area contributed by atoms with Crippen molar-refractivity contribution in [2.45, 2.75) is 38.7 Å². The number of methoxy groups -OCH3 is 1. The molecule has 0 aromatic heterocycles. The molecule has 0 heterocycles. The lowest BCUT2D eigenvalue weighted by Gasteiger charge is -2.35. The highest BCUT2D eigenvalue weighted by molar-refractivity contribution is 7.80. The van der Waals surface area contributed by atoms with Crippen molar-refractivity contribution in [3.8, 4) is 5.75 Å². The second-order valence-electron chi connectivity index (χ2n) is 5.56. The highest BCUT2D eigenvalue weighted by atomic mass is 32.1. The van der Waals surface area contributed by atoms with Gasteiger partial charge in [0.05, 0.1) is 20.3 Å². The van der Waals surface area contributed by atoms with Crippen molar-refractivity contribution in [2.75, 3.05) is 19.5 Å². The summed E-state index contributed by atoms with van der Waals surface area (Å²) in [7, 11) is 1.69. The molecule has 1 aromatic rings. The maximum atomic E-state index is 5.95. The van der Waals surface area contributed by atoms with Crippen molar-refractivity contribution in [1.29, 1.82) is 0 Å². The molecule has 0 N–H and O–H groups in total. The van der Waals surface area contributed by atoms with Gasteiger partial charge in [0.2, 0.25) is 0 Å². The summed E-state index contributed by atoms with van der Waals surface area (Å²) in [6.07, 6.45) is 6.53. The average Bonchev–Trinajstić information content (AvgIpc) is 2.48. The molecule has 1 aliphatic rings. The molecule has 1 saturated carbocycles.